The Morgan fingerprint density at radius 3 is 2.75 bits per heavy atom. The molecule has 0 saturated carbocycles. The molecule has 0 heterocycles. The molecule has 0 radical (unpaired) electrons. The van der Waals surface area contributed by atoms with Gasteiger partial charge in [-0.25, -0.2) is 19.3 Å². The van der Waals surface area contributed by atoms with Gasteiger partial charge in [-0.05, 0) is 0 Å². The van der Waals surface area contributed by atoms with Crippen LogP contribution in [0.3, 0.4) is 0 Å². The zero-order valence-corrected chi connectivity index (χ0v) is 7.30. The van der Waals surface area contributed by atoms with E-state index < -0.39 is 12.1 Å². The zero-order valence-electron chi connectivity index (χ0n) is 6.54. The molecule has 0 fully saturated rings. The van der Waals surface area contributed by atoms with Gasteiger partial charge in [0.1, 0.15) is 6.61 Å². The number of halogens is 1. The minimum atomic E-state index is -0.784. The Hall–Kier alpha value is -1.23. The topological polar surface area (TPSA) is 58.6 Å². The van der Waals surface area contributed by atoms with Crippen molar-refractivity contribution in [3.8, 4) is 0 Å². The SMILES string of the molecule is C=CCOC(=O)N(C)C(=O)NCl. The molecule has 68 valence electrons. The molecular weight excluding hydrogens is 184 g/mol. The molecule has 0 atom stereocenters. The van der Waals surface area contributed by atoms with E-state index in [1.54, 1.807) is 4.84 Å². The number of urea groups is 1. The van der Waals surface area contributed by atoms with Gasteiger partial charge in [0.05, 0.1) is 0 Å². The number of nitrogens with one attached hydrogen (secondary N) is 1. The minimum Gasteiger partial charge on any atom is -0.445 e. The molecule has 12 heavy (non-hydrogen) atoms. The first-order valence-electron chi connectivity index (χ1n) is 3.05. The van der Waals surface area contributed by atoms with Gasteiger partial charge in [0.25, 0.3) is 0 Å². The van der Waals surface area contributed by atoms with Crippen LogP contribution in [0.15, 0.2) is 12.7 Å². The van der Waals surface area contributed by atoms with Gasteiger partial charge >= 0.3 is 12.1 Å². The van der Waals surface area contributed by atoms with Crippen LogP contribution in [0.5, 0.6) is 0 Å². The second-order valence-electron chi connectivity index (χ2n) is 1.82. The van der Waals surface area contributed by atoms with E-state index in [1.807, 2.05) is 0 Å². The molecule has 0 aromatic rings. The van der Waals surface area contributed by atoms with Crippen LogP contribution in [0.25, 0.3) is 0 Å². The molecule has 0 aromatic carbocycles. The van der Waals surface area contributed by atoms with E-state index >= 15 is 0 Å². The summed E-state index contributed by atoms with van der Waals surface area (Å²) in [5, 5.41) is 0. The molecule has 0 aromatic heterocycles. The number of amides is 3. The number of ether oxygens (including phenoxy) is 1. The second kappa shape index (κ2) is 5.42. The fourth-order valence-electron chi connectivity index (χ4n) is 0.373. The standard InChI is InChI=1S/C6H9ClN2O3/c1-3-4-12-6(11)9(2)5(10)8-7/h3H,1,4H2,2H3,(H,8,10). The van der Waals surface area contributed by atoms with E-state index in [0.717, 1.165) is 0 Å². The third-order valence-corrected chi connectivity index (χ3v) is 1.15. The molecule has 0 saturated heterocycles. The lowest BCUT2D eigenvalue weighted by atomic mass is 10.7. The molecule has 6 heteroatoms. The van der Waals surface area contributed by atoms with Gasteiger partial charge < -0.3 is 4.74 Å². The van der Waals surface area contributed by atoms with Crippen molar-refractivity contribution in [2.24, 2.45) is 0 Å². The Kier molecular flexibility index (Phi) is 4.87. The van der Waals surface area contributed by atoms with E-state index in [9.17, 15) is 9.59 Å². The molecule has 0 bridgehead atoms. The highest BCUT2D eigenvalue weighted by Crippen LogP contribution is 1.91. The van der Waals surface area contributed by atoms with Crippen LogP contribution in [0, 0.1) is 0 Å². The van der Waals surface area contributed by atoms with E-state index in [4.69, 9.17) is 11.8 Å². The normalized spacial score (nSPS) is 8.50. The maximum absolute atomic E-state index is 10.8. The van der Waals surface area contributed by atoms with Crippen LogP contribution in [0.4, 0.5) is 9.59 Å². The lowest BCUT2D eigenvalue weighted by Crippen LogP contribution is -2.37. The Bertz CT molecular complexity index is 195. The first kappa shape index (κ1) is 10.8. The fraction of sp³-hybridized carbons (Fsp3) is 0.333. The smallest absolute Gasteiger partial charge is 0.418 e. The van der Waals surface area contributed by atoms with Gasteiger partial charge in [-0.3, -0.25) is 0 Å². The van der Waals surface area contributed by atoms with Crippen molar-refractivity contribution >= 4 is 23.9 Å². The van der Waals surface area contributed by atoms with Crippen LogP contribution < -0.4 is 4.84 Å². The van der Waals surface area contributed by atoms with E-state index in [0.29, 0.717) is 4.90 Å². The molecule has 0 aliphatic heterocycles. The molecule has 0 rings (SSSR count). The first-order chi connectivity index (χ1) is 5.63. The number of carbonyl (C=O) groups is 2. The summed E-state index contributed by atoms with van der Waals surface area (Å²) in [6.07, 6.45) is 0.609. The van der Waals surface area contributed by atoms with Crippen molar-refractivity contribution in [1.29, 1.82) is 0 Å². The molecule has 0 spiro atoms. The maximum atomic E-state index is 10.8. The summed E-state index contributed by atoms with van der Waals surface area (Å²) in [4.78, 5) is 24.0. The fourth-order valence-corrected chi connectivity index (χ4v) is 0.500. The highest BCUT2D eigenvalue weighted by molar-refractivity contribution is 6.22. The summed E-state index contributed by atoms with van der Waals surface area (Å²) in [6.45, 7) is 3.39. The highest BCUT2D eigenvalue weighted by Gasteiger charge is 2.16. The number of imide groups is 1. The lowest BCUT2D eigenvalue weighted by Gasteiger charge is -2.12. The number of hydrogen-bond donors (Lipinski definition) is 1. The third kappa shape index (κ3) is 3.25. The molecule has 0 aliphatic carbocycles. The molecule has 1 N–H and O–H groups in total. The van der Waals surface area contributed by atoms with Gasteiger partial charge in [0.2, 0.25) is 0 Å². The highest BCUT2D eigenvalue weighted by atomic mass is 35.5. The van der Waals surface area contributed by atoms with E-state index in [-0.39, 0.29) is 6.61 Å². The summed E-state index contributed by atoms with van der Waals surface area (Å²) >= 11 is 4.96. The zero-order chi connectivity index (χ0) is 9.56. The summed E-state index contributed by atoms with van der Waals surface area (Å²) in [5.41, 5.74) is 0. The second-order valence-corrected chi connectivity index (χ2v) is 2.01. The summed E-state index contributed by atoms with van der Waals surface area (Å²) < 4.78 is 4.53. The first-order valence-corrected chi connectivity index (χ1v) is 3.43. The van der Waals surface area contributed by atoms with Gasteiger partial charge in [-0.1, -0.05) is 12.7 Å². The van der Waals surface area contributed by atoms with Crippen LogP contribution in [0.2, 0.25) is 0 Å². The molecule has 0 unspecified atom stereocenters. The van der Waals surface area contributed by atoms with Gasteiger partial charge in [0, 0.05) is 18.8 Å². The number of rotatable bonds is 2. The maximum Gasteiger partial charge on any atom is 0.418 e. The van der Waals surface area contributed by atoms with E-state index in [1.165, 1.54) is 13.1 Å². The van der Waals surface area contributed by atoms with Crippen molar-refractivity contribution in [2.45, 2.75) is 0 Å². The van der Waals surface area contributed by atoms with Crippen molar-refractivity contribution in [3.63, 3.8) is 0 Å². The predicted octanol–water partition coefficient (Wildman–Crippen LogP) is 1.10. The van der Waals surface area contributed by atoms with Crippen molar-refractivity contribution in [2.75, 3.05) is 13.7 Å². The number of nitrogens with zero attached hydrogens (tertiary/aromatic N) is 1. The Morgan fingerprint density at radius 2 is 2.33 bits per heavy atom. The number of hydrogen-bond acceptors (Lipinski definition) is 3. The Morgan fingerprint density at radius 1 is 1.75 bits per heavy atom. The van der Waals surface area contributed by atoms with Gasteiger partial charge in [-0.2, -0.15) is 0 Å². The van der Waals surface area contributed by atoms with Crippen molar-refractivity contribution in [3.05, 3.63) is 12.7 Å². The quantitative estimate of drug-likeness (QED) is 0.527. The average Bonchev–Trinajstić information content (AvgIpc) is 2.11. The van der Waals surface area contributed by atoms with Crippen LogP contribution in [-0.4, -0.2) is 30.7 Å². The summed E-state index contributed by atoms with van der Waals surface area (Å²) in [7, 11) is 1.24. The molecule has 3 amide bonds. The lowest BCUT2D eigenvalue weighted by molar-refractivity contribution is 0.128. The van der Waals surface area contributed by atoms with Crippen LogP contribution >= 0.6 is 11.8 Å². The summed E-state index contributed by atoms with van der Waals surface area (Å²) in [5.74, 6) is 0. The average molecular weight is 193 g/mol. The Balaban J connectivity index is 3.92. The third-order valence-electron chi connectivity index (χ3n) is 0.984. The van der Waals surface area contributed by atoms with Gasteiger partial charge in [0.15, 0.2) is 0 Å². The largest absolute Gasteiger partial charge is 0.445 e. The molecule has 5 nitrogen and oxygen atoms in total. The van der Waals surface area contributed by atoms with Crippen LogP contribution in [-0.2, 0) is 4.74 Å². The van der Waals surface area contributed by atoms with Gasteiger partial charge in [-0.15, -0.1) is 0 Å². The number of carbonyl (C=O) groups excluding carboxylic acids is 2. The monoisotopic (exact) mass is 192 g/mol. The summed E-state index contributed by atoms with van der Waals surface area (Å²) in [6, 6.07) is -0.745. The van der Waals surface area contributed by atoms with E-state index in [2.05, 4.69) is 11.3 Å². The predicted molar refractivity (Wildman–Crippen MR) is 43.7 cm³/mol. The van der Waals surface area contributed by atoms with Crippen molar-refractivity contribution < 1.29 is 14.3 Å². The Labute approximate surface area is 75.0 Å². The minimum absolute atomic E-state index is 0.0543. The molecule has 0 aliphatic rings. The van der Waals surface area contributed by atoms with Crippen LogP contribution in [0.1, 0.15) is 0 Å². The molecular formula is C6H9ClN2O3. The van der Waals surface area contributed by atoms with Crippen molar-refractivity contribution in [1.82, 2.24) is 9.74 Å².